The lowest BCUT2D eigenvalue weighted by Gasteiger charge is -2.12. The summed E-state index contributed by atoms with van der Waals surface area (Å²) in [5.74, 6) is 0.755. The average Bonchev–Trinajstić information content (AvgIpc) is 2.73. The summed E-state index contributed by atoms with van der Waals surface area (Å²) in [6.07, 6.45) is 1.67. The number of rotatable bonds is 2. The number of hydrogen-bond donors (Lipinski definition) is 1. The predicted molar refractivity (Wildman–Crippen MR) is 53.1 cm³/mol. The van der Waals surface area contributed by atoms with Gasteiger partial charge >= 0.3 is 0 Å². The van der Waals surface area contributed by atoms with Crippen LogP contribution in [-0.4, -0.2) is 28.7 Å². The van der Waals surface area contributed by atoms with Crippen LogP contribution in [0, 0.1) is 11.8 Å². The van der Waals surface area contributed by atoms with E-state index in [1.165, 1.54) is 0 Å². The van der Waals surface area contributed by atoms with Gasteiger partial charge in [-0.25, -0.2) is 0 Å². The fraction of sp³-hybridized carbons (Fsp3) is 0.600. The van der Waals surface area contributed by atoms with E-state index in [9.17, 15) is 4.79 Å². The highest BCUT2D eigenvalue weighted by molar-refractivity contribution is 5.96. The molecule has 0 saturated carbocycles. The third kappa shape index (κ3) is 1.46. The molecule has 1 fully saturated rings. The van der Waals surface area contributed by atoms with E-state index in [2.05, 4.69) is 17.3 Å². The Balaban J connectivity index is 2.20. The lowest BCUT2D eigenvalue weighted by atomic mass is 9.92. The largest absolute Gasteiger partial charge is 0.316 e. The number of aryl methyl sites for hydroxylation is 1. The molecule has 0 bridgehead atoms. The molecule has 1 aliphatic heterocycles. The van der Waals surface area contributed by atoms with Crippen LogP contribution < -0.4 is 5.32 Å². The predicted octanol–water partition coefficient (Wildman–Crippen LogP) is 0.458. The summed E-state index contributed by atoms with van der Waals surface area (Å²) >= 11 is 0. The van der Waals surface area contributed by atoms with Crippen molar-refractivity contribution in [2.75, 3.05) is 13.1 Å². The third-order valence-corrected chi connectivity index (χ3v) is 2.93. The zero-order valence-electron chi connectivity index (χ0n) is 8.53. The lowest BCUT2D eigenvalue weighted by molar-refractivity contribution is 0.0898. The molecule has 0 aliphatic carbocycles. The van der Waals surface area contributed by atoms with Gasteiger partial charge in [-0.1, -0.05) is 6.92 Å². The van der Waals surface area contributed by atoms with E-state index < -0.39 is 0 Å². The van der Waals surface area contributed by atoms with Gasteiger partial charge < -0.3 is 5.32 Å². The number of aromatic nitrogens is 2. The van der Waals surface area contributed by atoms with E-state index >= 15 is 0 Å². The minimum absolute atomic E-state index is 0.116. The molecule has 2 rings (SSSR count). The van der Waals surface area contributed by atoms with Gasteiger partial charge in [0.15, 0.2) is 5.78 Å². The van der Waals surface area contributed by atoms with Crippen LogP contribution in [0.5, 0.6) is 0 Å². The Morgan fingerprint density at radius 3 is 2.93 bits per heavy atom. The summed E-state index contributed by atoms with van der Waals surface area (Å²) in [5.41, 5.74) is 0.713. The van der Waals surface area contributed by atoms with Gasteiger partial charge in [-0.15, -0.1) is 0 Å². The highest BCUT2D eigenvalue weighted by atomic mass is 16.1. The standard InChI is InChI=1S/C10H15N3O/c1-7-5-11-6-8(7)10(14)9-3-4-12-13(9)2/h3-4,7-8,11H,5-6H2,1-2H3. The molecule has 2 atom stereocenters. The highest BCUT2D eigenvalue weighted by Crippen LogP contribution is 2.20. The van der Waals surface area contributed by atoms with E-state index in [4.69, 9.17) is 0 Å². The Labute approximate surface area is 83.3 Å². The summed E-state index contributed by atoms with van der Waals surface area (Å²) in [7, 11) is 1.81. The molecule has 4 nitrogen and oxygen atoms in total. The zero-order valence-corrected chi connectivity index (χ0v) is 8.53. The third-order valence-electron chi connectivity index (χ3n) is 2.93. The van der Waals surface area contributed by atoms with Crippen LogP contribution in [0.15, 0.2) is 12.3 Å². The Morgan fingerprint density at radius 2 is 2.43 bits per heavy atom. The summed E-state index contributed by atoms with van der Waals surface area (Å²) in [4.78, 5) is 12.0. The van der Waals surface area contributed by atoms with Crippen LogP contribution in [-0.2, 0) is 7.05 Å². The van der Waals surface area contributed by atoms with E-state index in [-0.39, 0.29) is 11.7 Å². The van der Waals surface area contributed by atoms with E-state index in [0.717, 1.165) is 13.1 Å². The van der Waals surface area contributed by atoms with Gasteiger partial charge in [0, 0.05) is 25.7 Å². The molecule has 4 heteroatoms. The van der Waals surface area contributed by atoms with Gasteiger partial charge in [0.1, 0.15) is 5.69 Å². The number of ketones is 1. The van der Waals surface area contributed by atoms with Crippen LogP contribution in [0.3, 0.4) is 0 Å². The van der Waals surface area contributed by atoms with Crippen molar-refractivity contribution in [3.05, 3.63) is 18.0 Å². The number of carbonyl (C=O) groups excluding carboxylic acids is 1. The maximum absolute atomic E-state index is 12.0. The van der Waals surface area contributed by atoms with Crippen LogP contribution in [0.2, 0.25) is 0 Å². The van der Waals surface area contributed by atoms with Crippen molar-refractivity contribution >= 4 is 5.78 Å². The fourth-order valence-corrected chi connectivity index (χ4v) is 1.97. The Hall–Kier alpha value is -1.16. The molecular formula is C10H15N3O. The van der Waals surface area contributed by atoms with Crippen LogP contribution in [0.4, 0.5) is 0 Å². The Morgan fingerprint density at radius 1 is 1.64 bits per heavy atom. The summed E-state index contributed by atoms with van der Waals surface area (Å²) in [6, 6.07) is 1.79. The van der Waals surface area contributed by atoms with Crippen molar-refractivity contribution in [1.29, 1.82) is 0 Å². The van der Waals surface area contributed by atoms with Crippen LogP contribution in [0.25, 0.3) is 0 Å². The number of carbonyl (C=O) groups is 1. The van der Waals surface area contributed by atoms with Crippen molar-refractivity contribution in [2.45, 2.75) is 6.92 Å². The first-order chi connectivity index (χ1) is 6.70. The zero-order chi connectivity index (χ0) is 10.1. The van der Waals surface area contributed by atoms with Crippen molar-refractivity contribution in [3.63, 3.8) is 0 Å². The molecule has 1 aliphatic rings. The van der Waals surface area contributed by atoms with E-state index in [1.807, 2.05) is 0 Å². The van der Waals surface area contributed by atoms with Gasteiger partial charge in [-0.2, -0.15) is 5.10 Å². The molecule has 0 radical (unpaired) electrons. The number of Topliss-reactive ketones (excluding diaryl/α,β-unsaturated/α-hetero) is 1. The van der Waals surface area contributed by atoms with Crippen LogP contribution in [0.1, 0.15) is 17.4 Å². The highest BCUT2D eigenvalue weighted by Gasteiger charge is 2.31. The van der Waals surface area contributed by atoms with E-state index in [0.29, 0.717) is 11.6 Å². The van der Waals surface area contributed by atoms with Gasteiger partial charge in [0.05, 0.1) is 0 Å². The molecule has 1 N–H and O–H groups in total. The molecular weight excluding hydrogens is 178 g/mol. The van der Waals surface area contributed by atoms with Crippen molar-refractivity contribution in [3.8, 4) is 0 Å². The summed E-state index contributed by atoms with van der Waals surface area (Å²) < 4.78 is 1.65. The molecule has 0 spiro atoms. The number of nitrogens with zero attached hydrogens (tertiary/aromatic N) is 2. The molecule has 76 valence electrons. The first kappa shape index (κ1) is 9.40. The summed E-state index contributed by atoms with van der Waals surface area (Å²) in [5, 5.41) is 7.24. The second-order valence-electron chi connectivity index (χ2n) is 3.95. The normalized spacial score (nSPS) is 26.7. The van der Waals surface area contributed by atoms with Crippen LogP contribution >= 0.6 is 0 Å². The molecule has 1 aromatic rings. The molecule has 1 saturated heterocycles. The van der Waals surface area contributed by atoms with Gasteiger partial charge in [-0.05, 0) is 18.5 Å². The average molecular weight is 193 g/mol. The van der Waals surface area contributed by atoms with Crippen molar-refractivity contribution in [2.24, 2.45) is 18.9 Å². The minimum atomic E-state index is 0.116. The van der Waals surface area contributed by atoms with E-state index in [1.54, 1.807) is 24.0 Å². The maximum Gasteiger partial charge on any atom is 0.185 e. The maximum atomic E-state index is 12.0. The van der Waals surface area contributed by atoms with Crippen molar-refractivity contribution in [1.82, 2.24) is 15.1 Å². The fourth-order valence-electron chi connectivity index (χ4n) is 1.97. The van der Waals surface area contributed by atoms with Gasteiger partial charge in [0.2, 0.25) is 0 Å². The minimum Gasteiger partial charge on any atom is -0.316 e. The molecule has 0 amide bonds. The SMILES string of the molecule is CC1CNCC1C(=O)c1ccnn1C. The first-order valence-electron chi connectivity index (χ1n) is 4.93. The monoisotopic (exact) mass is 193 g/mol. The molecule has 0 aromatic carbocycles. The molecule has 2 heterocycles. The number of hydrogen-bond acceptors (Lipinski definition) is 3. The molecule has 2 unspecified atom stereocenters. The smallest absolute Gasteiger partial charge is 0.185 e. The molecule has 1 aromatic heterocycles. The quantitative estimate of drug-likeness (QED) is 0.694. The first-order valence-corrected chi connectivity index (χ1v) is 4.93. The Bertz CT molecular complexity index is 345. The second kappa shape index (κ2) is 3.53. The molecule has 14 heavy (non-hydrogen) atoms. The van der Waals surface area contributed by atoms with Gasteiger partial charge in [-0.3, -0.25) is 9.48 Å². The van der Waals surface area contributed by atoms with Gasteiger partial charge in [0.25, 0.3) is 0 Å². The number of nitrogens with one attached hydrogen (secondary N) is 1. The topological polar surface area (TPSA) is 46.9 Å². The summed E-state index contributed by atoms with van der Waals surface area (Å²) in [6.45, 7) is 3.85. The Kier molecular flexibility index (Phi) is 2.37. The van der Waals surface area contributed by atoms with Crippen molar-refractivity contribution < 1.29 is 4.79 Å². The lowest BCUT2D eigenvalue weighted by Crippen LogP contribution is -2.23. The second-order valence-corrected chi connectivity index (χ2v) is 3.95.